The standard InChI is InChI=1S/C22H17N3O2/c26-21(18-11-5-6-12-23-18)24-17-10-4-3-9-16(17)22-25-20-15-8-2-1-7-14(15)13-19(20)27-22/h1-12,19-20H,13H2,(H,24,26)/t19-,20+/m0/s1. The molecule has 3 aromatic rings. The first-order valence-electron chi connectivity index (χ1n) is 8.93. The lowest BCUT2D eigenvalue weighted by Crippen LogP contribution is -2.18. The van der Waals surface area contributed by atoms with Crippen molar-refractivity contribution in [2.45, 2.75) is 18.6 Å². The van der Waals surface area contributed by atoms with Crippen LogP contribution in [0, 0.1) is 0 Å². The van der Waals surface area contributed by atoms with E-state index in [0.717, 1.165) is 12.0 Å². The summed E-state index contributed by atoms with van der Waals surface area (Å²) in [5.74, 6) is 0.323. The molecule has 1 amide bonds. The molecule has 1 aliphatic carbocycles. The number of para-hydroxylation sites is 1. The molecule has 5 heteroatoms. The van der Waals surface area contributed by atoms with Gasteiger partial charge in [-0.3, -0.25) is 9.78 Å². The number of pyridine rings is 1. The Balaban J connectivity index is 1.45. The topological polar surface area (TPSA) is 63.6 Å². The Hall–Kier alpha value is -3.47. The predicted octanol–water partition coefficient (Wildman–Crippen LogP) is 3.78. The third-order valence-corrected chi connectivity index (χ3v) is 4.97. The van der Waals surface area contributed by atoms with E-state index < -0.39 is 0 Å². The van der Waals surface area contributed by atoms with Crippen LogP contribution in [0.5, 0.6) is 0 Å². The number of ether oxygens (including phenoxy) is 1. The molecule has 0 bridgehead atoms. The van der Waals surface area contributed by atoms with Gasteiger partial charge in [-0.1, -0.05) is 42.5 Å². The molecule has 0 spiro atoms. The molecule has 2 atom stereocenters. The van der Waals surface area contributed by atoms with Gasteiger partial charge in [-0.15, -0.1) is 0 Å². The molecule has 0 saturated heterocycles. The van der Waals surface area contributed by atoms with E-state index in [2.05, 4.69) is 22.4 Å². The first-order chi connectivity index (χ1) is 13.3. The Labute approximate surface area is 156 Å². The fraction of sp³-hybridized carbons (Fsp3) is 0.136. The van der Waals surface area contributed by atoms with Gasteiger partial charge >= 0.3 is 0 Å². The molecule has 0 saturated carbocycles. The largest absolute Gasteiger partial charge is 0.471 e. The molecule has 132 valence electrons. The number of aliphatic imine (C=N–C) groups is 1. The van der Waals surface area contributed by atoms with E-state index in [-0.39, 0.29) is 18.1 Å². The number of carbonyl (C=O) groups excluding carboxylic acids is 1. The SMILES string of the molecule is O=C(Nc1ccccc1C1=N[C@@H]2c3ccccc3C[C@@H]2O1)c1ccccn1. The third kappa shape index (κ3) is 2.77. The van der Waals surface area contributed by atoms with Crippen molar-refractivity contribution in [3.63, 3.8) is 0 Å². The van der Waals surface area contributed by atoms with Gasteiger partial charge in [0.1, 0.15) is 17.8 Å². The third-order valence-electron chi connectivity index (χ3n) is 4.97. The summed E-state index contributed by atoms with van der Waals surface area (Å²) in [6.45, 7) is 0. The Kier molecular flexibility index (Phi) is 3.71. The molecular weight excluding hydrogens is 338 g/mol. The molecule has 1 N–H and O–H groups in total. The van der Waals surface area contributed by atoms with E-state index in [1.54, 1.807) is 24.4 Å². The number of benzene rings is 2. The fourth-order valence-electron chi connectivity index (χ4n) is 3.69. The van der Waals surface area contributed by atoms with Crippen molar-refractivity contribution < 1.29 is 9.53 Å². The summed E-state index contributed by atoms with van der Waals surface area (Å²) in [4.78, 5) is 21.4. The minimum atomic E-state index is -0.257. The van der Waals surface area contributed by atoms with Crippen molar-refractivity contribution in [2.75, 3.05) is 5.32 Å². The van der Waals surface area contributed by atoms with E-state index in [4.69, 9.17) is 9.73 Å². The maximum absolute atomic E-state index is 12.5. The summed E-state index contributed by atoms with van der Waals surface area (Å²) in [7, 11) is 0. The van der Waals surface area contributed by atoms with Gasteiger partial charge in [0, 0.05) is 12.6 Å². The molecule has 0 unspecified atom stereocenters. The highest BCUT2D eigenvalue weighted by Crippen LogP contribution is 2.41. The Morgan fingerprint density at radius 2 is 1.81 bits per heavy atom. The van der Waals surface area contributed by atoms with Gasteiger partial charge in [0.2, 0.25) is 5.90 Å². The van der Waals surface area contributed by atoms with Gasteiger partial charge in [0.25, 0.3) is 5.91 Å². The zero-order valence-corrected chi connectivity index (χ0v) is 14.5. The van der Waals surface area contributed by atoms with E-state index in [0.29, 0.717) is 17.3 Å². The lowest BCUT2D eigenvalue weighted by Gasteiger charge is -2.12. The molecular formula is C22H17N3O2. The molecule has 2 heterocycles. The molecule has 5 nitrogen and oxygen atoms in total. The van der Waals surface area contributed by atoms with Gasteiger partial charge in [-0.2, -0.15) is 0 Å². The maximum Gasteiger partial charge on any atom is 0.274 e. The molecule has 5 rings (SSSR count). The van der Waals surface area contributed by atoms with Crippen LogP contribution in [0.1, 0.15) is 33.2 Å². The first kappa shape index (κ1) is 15.8. The molecule has 2 aromatic carbocycles. The number of hydrogen-bond acceptors (Lipinski definition) is 4. The number of rotatable bonds is 3. The van der Waals surface area contributed by atoms with Crippen molar-refractivity contribution >= 4 is 17.5 Å². The lowest BCUT2D eigenvalue weighted by molar-refractivity contribution is 0.102. The van der Waals surface area contributed by atoms with E-state index in [1.165, 1.54) is 11.1 Å². The fourth-order valence-corrected chi connectivity index (χ4v) is 3.69. The highest BCUT2D eigenvalue weighted by atomic mass is 16.5. The number of fused-ring (bicyclic) bond motifs is 3. The maximum atomic E-state index is 12.5. The number of carbonyl (C=O) groups is 1. The van der Waals surface area contributed by atoms with Crippen molar-refractivity contribution in [3.05, 3.63) is 95.3 Å². The monoisotopic (exact) mass is 355 g/mol. The summed E-state index contributed by atoms with van der Waals surface area (Å²) in [6.07, 6.45) is 2.48. The highest BCUT2D eigenvalue weighted by molar-refractivity contribution is 6.08. The molecule has 1 aromatic heterocycles. The molecule has 0 fully saturated rings. The van der Waals surface area contributed by atoms with Crippen molar-refractivity contribution in [2.24, 2.45) is 4.99 Å². The average molecular weight is 355 g/mol. The van der Waals surface area contributed by atoms with Crippen LogP contribution < -0.4 is 5.32 Å². The minimum absolute atomic E-state index is 0.0238. The van der Waals surface area contributed by atoms with Crippen molar-refractivity contribution in [3.8, 4) is 0 Å². The van der Waals surface area contributed by atoms with Crippen LogP contribution in [-0.2, 0) is 11.2 Å². The van der Waals surface area contributed by atoms with Gasteiger partial charge in [0.05, 0.1) is 11.3 Å². The van der Waals surface area contributed by atoms with Crippen LogP contribution in [-0.4, -0.2) is 22.9 Å². The van der Waals surface area contributed by atoms with Crippen LogP contribution >= 0.6 is 0 Å². The van der Waals surface area contributed by atoms with Gasteiger partial charge in [0.15, 0.2) is 0 Å². The molecule has 0 radical (unpaired) electrons. The van der Waals surface area contributed by atoms with Crippen molar-refractivity contribution in [1.29, 1.82) is 0 Å². The first-order valence-corrected chi connectivity index (χ1v) is 8.93. The van der Waals surface area contributed by atoms with E-state index in [1.807, 2.05) is 36.4 Å². The second-order valence-corrected chi connectivity index (χ2v) is 6.65. The summed E-state index contributed by atoms with van der Waals surface area (Å²) in [5.41, 5.74) is 4.35. The molecule has 2 aliphatic rings. The zero-order chi connectivity index (χ0) is 18.2. The van der Waals surface area contributed by atoms with Crippen LogP contribution in [0.25, 0.3) is 0 Å². The number of amides is 1. The Morgan fingerprint density at radius 1 is 1.00 bits per heavy atom. The van der Waals surface area contributed by atoms with Gasteiger partial charge < -0.3 is 10.1 Å². The minimum Gasteiger partial charge on any atom is -0.471 e. The number of hydrogen-bond donors (Lipinski definition) is 1. The molecule has 27 heavy (non-hydrogen) atoms. The van der Waals surface area contributed by atoms with Crippen molar-refractivity contribution in [1.82, 2.24) is 4.98 Å². The predicted molar refractivity (Wildman–Crippen MR) is 103 cm³/mol. The van der Waals surface area contributed by atoms with Gasteiger partial charge in [-0.05, 0) is 35.4 Å². The lowest BCUT2D eigenvalue weighted by atomic mass is 10.1. The van der Waals surface area contributed by atoms with E-state index >= 15 is 0 Å². The number of nitrogens with zero attached hydrogens (tertiary/aromatic N) is 2. The normalized spacial score (nSPS) is 19.6. The number of anilines is 1. The van der Waals surface area contributed by atoms with Gasteiger partial charge in [-0.25, -0.2) is 4.99 Å². The molecule has 1 aliphatic heterocycles. The Bertz CT molecular complexity index is 1050. The number of nitrogens with one attached hydrogen (secondary N) is 1. The van der Waals surface area contributed by atoms with E-state index in [9.17, 15) is 4.79 Å². The van der Waals surface area contributed by atoms with Crippen LogP contribution in [0.2, 0.25) is 0 Å². The van der Waals surface area contributed by atoms with Crippen LogP contribution in [0.3, 0.4) is 0 Å². The Morgan fingerprint density at radius 3 is 2.70 bits per heavy atom. The summed E-state index contributed by atoms with van der Waals surface area (Å²) in [5, 5.41) is 2.93. The summed E-state index contributed by atoms with van der Waals surface area (Å²) in [6, 6.07) is 21.2. The average Bonchev–Trinajstić information content (AvgIpc) is 3.27. The second kappa shape index (κ2) is 6.36. The van der Waals surface area contributed by atoms with Crippen LogP contribution in [0.15, 0.2) is 77.9 Å². The van der Waals surface area contributed by atoms with Crippen LogP contribution in [0.4, 0.5) is 5.69 Å². The quantitative estimate of drug-likeness (QED) is 0.778. The number of aromatic nitrogens is 1. The smallest absolute Gasteiger partial charge is 0.274 e. The zero-order valence-electron chi connectivity index (χ0n) is 14.5. The summed E-state index contributed by atoms with van der Waals surface area (Å²) < 4.78 is 6.16. The highest BCUT2D eigenvalue weighted by Gasteiger charge is 2.39. The summed E-state index contributed by atoms with van der Waals surface area (Å²) >= 11 is 0. The second-order valence-electron chi connectivity index (χ2n) is 6.65.